The van der Waals surface area contributed by atoms with Crippen molar-refractivity contribution in [2.24, 2.45) is 5.92 Å². The number of nitrogens with one attached hydrogen (secondary N) is 1. The van der Waals surface area contributed by atoms with Crippen LogP contribution in [0, 0.1) is 9.49 Å². The molecule has 3 atom stereocenters. The molecule has 0 heterocycles. The SMILES string of the molecule is CC(C)OCCCN(C(=O)C1CCC1)[C@@H]1CC(C(=O)NCCO)=C[C@H](Oc2ccccc2I)[C@H]1O. The van der Waals surface area contributed by atoms with E-state index in [0.29, 0.717) is 30.9 Å². The van der Waals surface area contributed by atoms with Gasteiger partial charge >= 0.3 is 0 Å². The predicted octanol–water partition coefficient (Wildman–Crippen LogP) is 2.65. The number of hydrogen-bond donors (Lipinski definition) is 3. The number of rotatable bonds is 12. The van der Waals surface area contributed by atoms with Gasteiger partial charge in [-0.3, -0.25) is 9.59 Å². The van der Waals surface area contributed by atoms with Gasteiger partial charge in [-0.1, -0.05) is 18.6 Å². The van der Waals surface area contributed by atoms with Gasteiger partial charge in [-0.15, -0.1) is 0 Å². The topological polar surface area (TPSA) is 108 Å². The zero-order valence-corrected chi connectivity index (χ0v) is 22.6. The number of nitrogens with zero attached hydrogens (tertiary/aromatic N) is 1. The Morgan fingerprint density at radius 2 is 2.00 bits per heavy atom. The molecule has 3 rings (SSSR count). The van der Waals surface area contributed by atoms with Gasteiger partial charge in [0.1, 0.15) is 18.0 Å². The molecule has 0 unspecified atom stereocenters. The average Bonchev–Trinajstić information content (AvgIpc) is 2.79. The van der Waals surface area contributed by atoms with Crippen molar-refractivity contribution in [1.29, 1.82) is 0 Å². The van der Waals surface area contributed by atoms with Gasteiger partial charge in [0.05, 0.1) is 22.3 Å². The van der Waals surface area contributed by atoms with Gasteiger partial charge in [0, 0.05) is 37.6 Å². The summed E-state index contributed by atoms with van der Waals surface area (Å²) in [5.41, 5.74) is 0.439. The lowest BCUT2D eigenvalue weighted by Crippen LogP contribution is -2.57. The fourth-order valence-corrected chi connectivity index (χ4v) is 4.86. The summed E-state index contributed by atoms with van der Waals surface area (Å²) in [5.74, 6) is 0.257. The first kappa shape index (κ1) is 27.9. The molecule has 1 saturated carbocycles. The summed E-state index contributed by atoms with van der Waals surface area (Å²) in [4.78, 5) is 28.0. The zero-order valence-electron chi connectivity index (χ0n) is 20.5. The highest BCUT2D eigenvalue weighted by molar-refractivity contribution is 14.1. The van der Waals surface area contributed by atoms with Gasteiger partial charge in [-0.2, -0.15) is 0 Å². The molecular weight excluding hydrogens is 563 g/mol. The summed E-state index contributed by atoms with van der Waals surface area (Å²) in [6.45, 7) is 4.84. The van der Waals surface area contributed by atoms with Crippen molar-refractivity contribution in [3.63, 3.8) is 0 Å². The number of para-hydroxylation sites is 1. The van der Waals surface area contributed by atoms with Crippen LogP contribution in [-0.2, 0) is 14.3 Å². The quantitative estimate of drug-likeness (QED) is 0.252. The molecule has 3 N–H and O–H groups in total. The lowest BCUT2D eigenvalue weighted by molar-refractivity contribution is -0.145. The van der Waals surface area contributed by atoms with Crippen LogP contribution in [0.3, 0.4) is 0 Å². The molecule has 0 aromatic heterocycles. The molecule has 194 valence electrons. The molecular formula is C26H37IN2O6. The maximum absolute atomic E-state index is 13.4. The van der Waals surface area contributed by atoms with Gasteiger partial charge in [-0.05, 0) is 73.9 Å². The largest absolute Gasteiger partial charge is 0.482 e. The highest BCUT2D eigenvalue weighted by Gasteiger charge is 2.42. The normalized spacial score (nSPS) is 22.3. The third-order valence-electron chi connectivity index (χ3n) is 6.45. The van der Waals surface area contributed by atoms with E-state index in [9.17, 15) is 14.7 Å². The molecule has 1 aromatic carbocycles. The third kappa shape index (κ3) is 7.65. The minimum absolute atomic E-state index is 0.0231. The Bertz CT molecular complexity index is 888. The first-order chi connectivity index (χ1) is 16.8. The minimum Gasteiger partial charge on any atom is -0.482 e. The van der Waals surface area contributed by atoms with E-state index < -0.39 is 18.2 Å². The number of benzene rings is 1. The van der Waals surface area contributed by atoms with E-state index in [1.165, 1.54) is 0 Å². The van der Waals surface area contributed by atoms with Crippen molar-refractivity contribution in [3.8, 4) is 5.75 Å². The highest BCUT2D eigenvalue weighted by Crippen LogP contribution is 2.33. The van der Waals surface area contributed by atoms with Crippen molar-refractivity contribution in [1.82, 2.24) is 10.2 Å². The van der Waals surface area contributed by atoms with Crippen LogP contribution in [0.5, 0.6) is 5.75 Å². The van der Waals surface area contributed by atoms with Gasteiger partial charge in [-0.25, -0.2) is 0 Å². The third-order valence-corrected chi connectivity index (χ3v) is 7.34. The molecule has 0 saturated heterocycles. The van der Waals surface area contributed by atoms with E-state index in [-0.39, 0.29) is 43.4 Å². The first-order valence-corrected chi connectivity index (χ1v) is 13.5. The van der Waals surface area contributed by atoms with Crippen molar-refractivity contribution in [2.45, 2.75) is 70.3 Å². The molecule has 2 aliphatic carbocycles. The van der Waals surface area contributed by atoms with Gasteiger partial charge < -0.3 is 29.9 Å². The highest BCUT2D eigenvalue weighted by atomic mass is 127. The van der Waals surface area contributed by atoms with Crippen LogP contribution in [0.2, 0.25) is 0 Å². The van der Waals surface area contributed by atoms with Crippen molar-refractivity contribution < 1.29 is 29.3 Å². The van der Waals surface area contributed by atoms with E-state index in [2.05, 4.69) is 27.9 Å². The van der Waals surface area contributed by atoms with Gasteiger partial charge in [0.25, 0.3) is 0 Å². The van der Waals surface area contributed by atoms with Crippen LogP contribution in [0.4, 0.5) is 0 Å². The van der Waals surface area contributed by atoms with Crippen LogP contribution in [0.15, 0.2) is 35.9 Å². The average molecular weight is 600 g/mol. The molecule has 0 spiro atoms. The predicted molar refractivity (Wildman–Crippen MR) is 141 cm³/mol. The Labute approximate surface area is 221 Å². The lowest BCUT2D eigenvalue weighted by atomic mass is 9.82. The molecule has 1 aromatic rings. The number of aliphatic hydroxyl groups is 2. The molecule has 0 bridgehead atoms. The van der Waals surface area contributed by atoms with E-state index in [0.717, 1.165) is 22.8 Å². The number of carbonyl (C=O) groups excluding carboxylic acids is 2. The van der Waals surface area contributed by atoms with E-state index in [1.54, 1.807) is 11.0 Å². The van der Waals surface area contributed by atoms with Crippen LogP contribution in [-0.4, -0.2) is 77.6 Å². The summed E-state index contributed by atoms with van der Waals surface area (Å²) in [5, 5.41) is 23.3. The van der Waals surface area contributed by atoms with Crippen LogP contribution >= 0.6 is 22.6 Å². The summed E-state index contributed by atoms with van der Waals surface area (Å²) < 4.78 is 12.7. The van der Waals surface area contributed by atoms with Crippen molar-refractivity contribution in [3.05, 3.63) is 39.5 Å². The summed E-state index contributed by atoms with van der Waals surface area (Å²) in [6, 6.07) is 6.87. The summed E-state index contributed by atoms with van der Waals surface area (Å²) in [7, 11) is 0. The van der Waals surface area contributed by atoms with Gasteiger partial charge in [0.2, 0.25) is 11.8 Å². The number of aliphatic hydroxyl groups excluding tert-OH is 2. The van der Waals surface area contributed by atoms with Crippen LogP contribution in [0.25, 0.3) is 0 Å². The Morgan fingerprint density at radius 1 is 1.26 bits per heavy atom. The number of carbonyl (C=O) groups is 2. The Kier molecular flexibility index (Phi) is 10.8. The Balaban J connectivity index is 1.86. The van der Waals surface area contributed by atoms with Gasteiger partial charge in [0.15, 0.2) is 0 Å². The Hall–Kier alpha value is -1.69. The smallest absolute Gasteiger partial charge is 0.247 e. The zero-order chi connectivity index (χ0) is 25.4. The molecule has 9 heteroatoms. The Morgan fingerprint density at radius 3 is 2.63 bits per heavy atom. The molecule has 35 heavy (non-hydrogen) atoms. The molecule has 1 fully saturated rings. The maximum atomic E-state index is 13.4. The van der Waals surface area contributed by atoms with Crippen LogP contribution in [0.1, 0.15) is 46.0 Å². The molecule has 2 aliphatic rings. The molecule has 2 amide bonds. The second-order valence-electron chi connectivity index (χ2n) is 9.38. The number of amides is 2. The number of ether oxygens (including phenoxy) is 2. The molecule has 0 aliphatic heterocycles. The summed E-state index contributed by atoms with van der Waals surface area (Å²) in [6.07, 6.45) is 3.52. The minimum atomic E-state index is -1.00. The standard InChI is InChI=1S/C26H37IN2O6/c1-17(2)34-14-6-12-29(26(33)18-7-5-8-18)21-15-19(25(32)28-11-13-30)16-23(24(21)31)35-22-10-4-3-9-20(22)27/h3-4,9-10,16-18,21,23-24,30-31H,5-8,11-15H2,1-2H3,(H,28,32)/t21-,23+,24+/m1/s1. The number of halogens is 1. The second kappa shape index (κ2) is 13.6. The number of hydrogen-bond acceptors (Lipinski definition) is 6. The summed E-state index contributed by atoms with van der Waals surface area (Å²) >= 11 is 2.17. The van der Waals surface area contributed by atoms with E-state index in [4.69, 9.17) is 14.6 Å². The van der Waals surface area contributed by atoms with Crippen molar-refractivity contribution >= 4 is 34.4 Å². The molecule has 0 radical (unpaired) electrons. The molecule has 8 nitrogen and oxygen atoms in total. The van der Waals surface area contributed by atoms with Crippen molar-refractivity contribution in [2.75, 3.05) is 26.3 Å². The second-order valence-corrected chi connectivity index (χ2v) is 10.5. The lowest BCUT2D eigenvalue weighted by Gasteiger charge is -2.43. The first-order valence-electron chi connectivity index (χ1n) is 12.4. The van der Waals surface area contributed by atoms with E-state index in [1.807, 2.05) is 38.1 Å². The fourth-order valence-electron chi connectivity index (χ4n) is 4.35. The maximum Gasteiger partial charge on any atom is 0.247 e. The fraction of sp³-hybridized carbons (Fsp3) is 0.615. The van der Waals surface area contributed by atoms with Crippen LogP contribution < -0.4 is 10.1 Å². The monoisotopic (exact) mass is 600 g/mol. The van der Waals surface area contributed by atoms with E-state index >= 15 is 0 Å².